The number of urea groups is 1. The number of carbonyl (C=O) groups excluding carboxylic acids is 4. The number of rotatable bonds is 9. The van der Waals surface area contributed by atoms with Crippen molar-refractivity contribution >= 4 is 41.7 Å². The van der Waals surface area contributed by atoms with Gasteiger partial charge in [-0.05, 0) is 42.0 Å². The van der Waals surface area contributed by atoms with Crippen LogP contribution in [-0.4, -0.2) is 47.9 Å². The van der Waals surface area contributed by atoms with Gasteiger partial charge in [0.1, 0.15) is 17.2 Å². The Morgan fingerprint density at radius 1 is 1.07 bits per heavy atom. The van der Waals surface area contributed by atoms with E-state index in [2.05, 4.69) is 10.1 Å². The van der Waals surface area contributed by atoms with E-state index in [0.29, 0.717) is 11.3 Å². The predicted octanol–water partition coefficient (Wildman–Crippen LogP) is 3.69. The molecule has 1 N–H and O–H groups in total. The van der Waals surface area contributed by atoms with Crippen LogP contribution >= 0.6 is 0 Å². The van der Waals surface area contributed by atoms with E-state index in [9.17, 15) is 29.3 Å². The van der Waals surface area contributed by atoms with Crippen molar-refractivity contribution in [2.45, 2.75) is 6.54 Å². The molecular formula is C27H21N3O10. The summed E-state index contributed by atoms with van der Waals surface area (Å²) in [6.45, 7) is -0.300. The number of furan rings is 1. The van der Waals surface area contributed by atoms with E-state index in [4.69, 9.17) is 13.9 Å². The van der Waals surface area contributed by atoms with Gasteiger partial charge in [0.05, 0.1) is 25.7 Å². The van der Waals surface area contributed by atoms with Crippen LogP contribution in [0.2, 0.25) is 0 Å². The molecule has 40 heavy (non-hydrogen) atoms. The zero-order valence-corrected chi connectivity index (χ0v) is 21.1. The molecule has 1 aliphatic heterocycles. The summed E-state index contributed by atoms with van der Waals surface area (Å²) in [4.78, 5) is 61.3. The maximum absolute atomic E-state index is 13.0. The molecule has 1 fully saturated rings. The Bertz CT molecular complexity index is 1550. The van der Waals surface area contributed by atoms with Gasteiger partial charge in [-0.2, -0.15) is 0 Å². The number of esters is 2. The fraction of sp³-hybridized carbons (Fsp3) is 0.111. The van der Waals surface area contributed by atoms with Crippen LogP contribution in [0.3, 0.4) is 0 Å². The first-order valence-corrected chi connectivity index (χ1v) is 11.5. The number of methoxy groups -OCH3 is 2. The van der Waals surface area contributed by atoms with E-state index < -0.39 is 40.2 Å². The van der Waals surface area contributed by atoms with E-state index in [0.717, 1.165) is 23.1 Å². The van der Waals surface area contributed by atoms with Gasteiger partial charge >= 0.3 is 23.7 Å². The fourth-order valence-electron chi connectivity index (χ4n) is 3.62. The molecule has 0 saturated carbocycles. The molecule has 2 heterocycles. The average molecular weight is 547 g/mol. The van der Waals surface area contributed by atoms with Gasteiger partial charge in [-0.25, -0.2) is 14.4 Å². The molecule has 13 nitrogen and oxygen atoms in total. The van der Waals surface area contributed by atoms with Crippen molar-refractivity contribution in [3.63, 3.8) is 0 Å². The molecule has 0 unspecified atom stereocenters. The number of nitrogens with zero attached hydrogens (tertiary/aromatic N) is 2. The Kier molecular flexibility index (Phi) is 8.04. The normalized spacial score (nSPS) is 13.9. The molecular weight excluding hydrogens is 526 g/mol. The van der Waals surface area contributed by atoms with Gasteiger partial charge in [-0.15, -0.1) is 0 Å². The van der Waals surface area contributed by atoms with Crippen LogP contribution in [0, 0.1) is 10.1 Å². The minimum Gasteiger partial charge on any atom is -0.497 e. The Morgan fingerprint density at radius 3 is 2.50 bits per heavy atom. The van der Waals surface area contributed by atoms with Gasteiger partial charge in [-0.3, -0.25) is 19.8 Å². The minimum atomic E-state index is -0.910. The number of nitro groups is 1. The van der Waals surface area contributed by atoms with Crippen molar-refractivity contribution in [2.24, 2.45) is 0 Å². The van der Waals surface area contributed by atoms with Crippen molar-refractivity contribution in [2.75, 3.05) is 14.2 Å². The van der Waals surface area contributed by atoms with Crippen LogP contribution in [0.1, 0.15) is 27.4 Å². The number of amides is 3. The number of carbonyl (C=O) groups is 4. The molecule has 0 bridgehead atoms. The first-order valence-electron chi connectivity index (χ1n) is 11.5. The molecule has 204 valence electrons. The van der Waals surface area contributed by atoms with E-state index in [1.54, 1.807) is 24.3 Å². The van der Waals surface area contributed by atoms with Crippen LogP contribution in [-0.2, 0) is 20.9 Å². The lowest BCUT2D eigenvalue weighted by atomic mass is 10.1. The van der Waals surface area contributed by atoms with E-state index in [-0.39, 0.29) is 29.3 Å². The average Bonchev–Trinajstić information content (AvgIpc) is 3.52. The van der Waals surface area contributed by atoms with Crippen LogP contribution in [0.4, 0.5) is 10.5 Å². The number of para-hydroxylation sites is 1. The van der Waals surface area contributed by atoms with E-state index in [1.807, 2.05) is 0 Å². The number of imide groups is 1. The Morgan fingerprint density at radius 2 is 1.82 bits per heavy atom. The number of benzene rings is 2. The first-order chi connectivity index (χ1) is 19.2. The molecule has 1 saturated heterocycles. The molecule has 0 radical (unpaired) electrons. The molecule has 4 rings (SSSR count). The lowest BCUT2D eigenvalue weighted by molar-refractivity contribution is -0.385. The molecule has 0 spiro atoms. The van der Waals surface area contributed by atoms with E-state index >= 15 is 0 Å². The Balaban J connectivity index is 1.56. The fourth-order valence-corrected chi connectivity index (χ4v) is 3.62. The van der Waals surface area contributed by atoms with Crippen molar-refractivity contribution in [1.82, 2.24) is 10.2 Å². The van der Waals surface area contributed by atoms with E-state index in [1.165, 1.54) is 44.6 Å². The molecule has 3 amide bonds. The third kappa shape index (κ3) is 6.05. The second-order valence-electron chi connectivity index (χ2n) is 8.12. The Labute approximate surface area is 226 Å². The molecule has 13 heteroatoms. The van der Waals surface area contributed by atoms with Gasteiger partial charge in [0.2, 0.25) is 11.5 Å². The number of nitrogens with one attached hydrogen (secondary N) is 1. The van der Waals surface area contributed by atoms with Gasteiger partial charge in [0.15, 0.2) is 0 Å². The third-order valence-corrected chi connectivity index (χ3v) is 5.58. The third-order valence-electron chi connectivity index (χ3n) is 5.58. The molecule has 0 atom stereocenters. The lowest BCUT2D eigenvalue weighted by Crippen LogP contribution is -2.30. The maximum atomic E-state index is 13.0. The van der Waals surface area contributed by atoms with Crippen LogP contribution < -0.4 is 14.8 Å². The first kappa shape index (κ1) is 27.3. The number of nitro benzene ring substituents is 1. The molecule has 2 aromatic carbocycles. The highest BCUT2D eigenvalue weighted by molar-refractivity contribution is 6.14. The topological polar surface area (TPSA) is 168 Å². The van der Waals surface area contributed by atoms with Crippen LogP contribution in [0.5, 0.6) is 11.5 Å². The molecule has 1 aliphatic rings. The highest BCUT2D eigenvalue weighted by Crippen LogP contribution is 2.33. The van der Waals surface area contributed by atoms with Gasteiger partial charge < -0.3 is 23.9 Å². The molecule has 0 aliphatic carbocycles. The Hall–Kier alpha value is -5.72. The van der Waals surface area contributed by atoms with Crippen molar-refractivity contribution in [1.29, 1.82) is 0 Å². The highest BCUT2D eigenvalue weighted by atomic mass is 16.6. The number of hydrogen-bond acceptors (Lipinski definition) is 10. The summed E-state index contributed by atoms with van der Waals surface area (Å²) in [5.74, 6) is -2.17. The monoisotopic (exact) mass is 547 g/mol. The summed E-state index contributed by atoms with van der Waals surface area (Å²) in [6.07, 6.45) is 3.70. The van der Waals surface area contributed by atoms with Gasteiger partial charge in [0.25, 0.3) is 5.91 Å². The standard InChI is InChI=1S/C27H21N3O10/c1-37-18-9-6-16(7-10-18)8-13-23(31)40-24-17(4-3-5-21(24)30(35)36)14-20-25(32)29(27(34)28-20)15-19-11-12-22(39-19)26(33)38-2/h3-14H,15H2,1-2H3,(H,28,34)/b13-8+,20-14-. The highest BCUT2D eigenvalue weighted by Gasteiger charge is 2.35. The zero-order chi connectivity index (χ0) is 28.8. The summed E-state index contributed by atoms with van der Waals surface area (Å²) >= 11 is 0. The molecule has 1 aromatic heterocycles. The van der Waals surface area contributed by atoms with Crippen LogP contribution in [0.25, 0.3) is 12.2 Å². The second kappa shape index (κ2) is 11.8. The van der Waals surface area contributed by atoms with Gasteiger partial charge in [-0.1, -0.05) is 24.3 Å². The predicted molar refractivity (Wildman–Crippen MR) is 138 cm³/mol. The summed E-state index contributed by atoms with van der Waals surface area (Å²) in [5.41, 5.74) is -0.106. The summed E-state index contributed by atoms with van der Waals surface area (Å²) < 4.78 is 20.3. The SMILES string of the molecule is COC(=O)c1ccc(CN2C(=O)N/C(=C\c3cccc([N+](=O)[O-])c3OC(=O)/C=C/c3ccc(OC)cc3)C2=O)o1. The summed E-state index contributed by atoms with van der Waals surface area (Å²) in [5, 5.41) is 14.0. The summed E-state index contributed by atoms with van der Waals surface area (Å²) in [6, 6.07) is 12.6. The van der Waals surface area contributed by atoms with Crippen molar-refractivity contribution < 1.29 is 42.7 Å². The van der Waals surface area contributed by atoms with Crippen molar-refractivity contribution in [3.8, 4) is 11.5 Å². The minimum absolute atomic E-state index is 0.00289. The lowest BCUT2D eigenvalue weighted by Gasteiger charge is -2.09. The van der Waals surface area contributed by atoms with Crippen LogP contribution in [0.15, 0.2) is 70.8 Å². The number of ether oxygens (including phenoxy) is 3. The van der Waals surface area contributed by atoms with Crippen molar-refractivity contribution in [3.05, 3.63) is 99.1 Å². The van der Waals surface area contributed by atoms with Gasteiger partial charge in [0, 0.05) is 17.7 Å². The molecule has 3 aromatic rings. The summed E-state index contributed by atoms with van der Waals surface area (Å²) in [7, 11) is 2.70. The smallest absolute Gasteiger partial charge is 0.373 e. The zero-order valence-electron chi connectivity index (χ0n) is 21.1. The quantitative estimate of drug-likeness (QED) is 0.104. The number of hydrogen-bond donors (Lipinski definition) is 1. The second-order valence-corrected chi connectivity index (χ2v) is 8.12. The maximum Gasteiger partial charge on any atom is 0.373 e. The largest absolute Gasteiger partial charge is 0.497 e.